The first-order valence-electron chi connectivity index (χ1n) is 5.99. The van der Waals surface area contributed by atoms with Gasteiger partial charge in [0.1, 0.15) is 0 Å². The molecule has 1 aliphatic rings. The van der Waals surface area contributed by atoms with Gasteiger partial charge in [0.05, 0.1) is 16.7 Å². The van der Waals surface area contributed by atoms with Gasteiger partial charge in [-0.2, -0.15) is 4.98 Å². The normalized spacial score (nSPS) is 15.6. The van der Waals surface area contributed by atoms with Crippen molar-refractivity contribution in [2.45, 2.75) is 29.5 Å². The van der Waals surface area contributed by atoms with Crippen LogP contribution >= 0.6 is 0 Å². The molecule has 0 spiro atoms. The van der Waals surface area contributed by atoms with E-state index in [1.165, 1.54) is 0 Å². The molecule has 1 saturated carbocycles. The van der Waals surface area contributed by atoms with Crippen LogP contribution in [0.3, 0.4) is 0 Å². The Balaban J connectivity index is 2.11. The summed E-state index contributed by atoms with van der Waals surface area (Å²) in [6.07, 6.45) is 1.44. The zero-order valence-electron chi connectivity index (χ0n) is 10.1. The lowest BCUT2D eigenvalue weighted by Gasteiger charge is -2.06. The maximum absolute atomic E-state index is 12.4. The van der Waals surface area contributed by atoms with Crippen LogP contribution in [0.4, 0.5) is 0 Å². The summed E-state index contributed by atoms with van der Waals surface area (Å²) >= 11 is 0. The first-order valence-corrected chi connectivity index (χ1v) is 7.53. The maximum atomic E-state index is 12.4. The Kier molecular flexibility index (Phi) is 2.87. The van der Waals surface area contributed by atoms with Gasteiger partial charge in [-0.25, -0.2) is 8.42 Å². The van der Waals surface area contributed by atoms with Crippen molar-refractivity contribution >= 4 is 9.84 Å². The molecular formula is C12H13N3O3S. The largest absolute Gasteiger partial charge is 0.338 e. The van der Waals surface area contributed by atoms with Crippen molar-refractivity contribution in [2.24, 2.45) is 5.73 Å². The Hall–Kier alpha value is -1.73. The number of sulfone groups is 1. The molecule has 0 radical (unpaired) electrons. The van der Waals surface area contributed by atoms with E-state index in [-0.39, 0.29) is 28.4 Å². The highest BCUT2D eigenvalue weighted by Crippen LogP contribution is 2.37. The molecular weight excluding hydrogens is 266 g/mol. The second kappa shape index (κ2) is 4.43. The molecule has 1 fully saturated rings. The second-order valence-electron chi connectivity index (χ2n) is 4.46. The number of nitrogens with zero attached hydrogens (tertiary/aromatic N) is 2. The summed E-state index contributed by atoms with van der Waals surface area (Å²) < 4.78 is 29.6. The van der Waals surface area contributed by atoms with E-state index in [0.29, 0.717) is 5.56 Å². The fourth-order valence-corrected chi connectivity index (χ4v) is 3.75. The number of nitrogens with two attached hydrogens (primary N) is 1. The van der Waals surface area contributed by atoms with Crippen molar-refractivity contribution in [3.05, 3.63) is 30.2 Å². The number of hydrogen-bond acceptors (Lipinski definition) is 6. The highest BCUT2D eigenvalue weighted by atomic mass is 32.2. The minimum atomic E-state index is -3.29. The number of rotatable bonds is 4. The van der Waals surface area contributed by atoms with E-state index in [1.807, 2.05) is 0 Å². The van der Waals surface area contributed by atoms with E-state index < -0.39 is 9.84 Å². The van der Waals surface area contributed by atoms with Gasteiger partial charge in [-0.05, 0) is 25.0 Å². The molecule has 2 aromatic rings. The summed E-state index contributed by atoms with van der Waals surface area (Å²) in [4.78, 5) is 4.35. The molecule has 6 nitrogen and oxygen atoms in total. The standard InChI is InChI=1S/C12H13N3O3S/c13-7-11-14-12(15-18-11)9-3-1-2-4-10(9)19(16,17)8-5-6-8/h1-4,8H,5-7,13H2. The zero-order valence-corrected chi connectivity index (χ0v) is 10.9. The van der Waals surface area contributed by atoms with Gasteiger partial charge in [0.25, 0.3) is 0 Å². The van der Waals surface area contributed by atoms with Gasteiger partial charge in [-0.3, -0.25) is 0 Å². The summed E-state index contributed by atoms with van der Waals surface area (Å²) in [6.45, 7) is 0.130. The van der Waals surface area contributed by atoms with E-state index in [0.717, 1.165) is 12.8 Å². The van der Waals surface area contributed by atoms with Gasteiger partial charge in [0.2, 0.25) is 11.7 Å². The molecule has 100 valence electrons. The molecule has 19 heavy (non-hydrogen) atoms. The van der Waals surface area contributed by atoms with Crippen LogP contribution in [0.1, 0.15) is 18.7 Å². The summed E-state index contributed by atoms with van der Waals surface area (Å²) in [5.74, 6) is 0.550. The van der Waals surface area contributed by atoms with Crippen LogP contribution in [0.2, 0.25) is 0 Å². The Morgan fingerprint density at radius 1 is 1.32 bits per heavy atom. The van der Waals surface area contributed by atoms with E-state index in [2.05, 4.69) is 10.1 Å². The molecule has 7 heteroatoms. The third-order valence-electron chi connectivity index (χ3n) is 3.04. The van der Waals surface area contributed by atoms with Gasteiger partial charge in [-0.1, -0.05) is 17.3 Å². The van der Waals surface area contributed by atoms with Gasteiger partial charge >= 0.3 is 0 Å². The summed E-state index contributed by atoms with van der Waals surface area (Å²) in [5.41, 5.74) is 5.88. The van der Waals surface area contributed by atoms with Crippen molar-refractivity contribution in [3.63, 3.8) is 0 Å². The minimum absolute atomic E-state index is 0.130. The smallest absolute Gasteiger partial charge is 0.240 e. The Morgan fingerprint density at radius 2 is 2.05 bits per heavy atom. The number of aromatic nitrogens is 2. The summed E-state index contributed by atoms with van der Waals surface area (Å²) in [5, 5.41) is 3.51. The third-order valence-corrected chi connectivity index (χ3v) is 5.36. The molecule has 1 aliphatic carbocycles. The average Bonchev–Trinajstić information content (AvgIpc) is 3.18. The molecule has 0 bridgehead atoms. The van der Waals surface area contributed by atoms with Crippen molar-refractivity contribution in [1.29, 1.82) is 0 Å². The molecule has 0 aliphatic heterocycles. The van der Waals surface area contributed by atoms with Crippen LogP contribution in [-0.2, 0) is 16.4 Å². The average molecular weight is 279 g/mol. The molecule has 0 amide bonds. The molecule has 0 unspecified atom stereocenters. The molecule has 0 atom stereocenters. The van der Waals surface area contributed by atoms with Crippen LogP contribution in [0.25, 0.3) is 11.4 Å². The lowest BCUT2D eigenvalue weighted by Crippen LogP contribution is -2.08. The van der Waals surface area contributed by atoms with E-state index in [9.17, 15) is 8.42 Å². The molecule has 3 rings (SSSR count). The predicted molar refractivity (Wildman–Crippen MR) is 67.8 cm³/mol. The van der Waals surface area contributed by atoms with Gasteiger partial charge in [0, 0.05) is 5.56 Å². The molecule has 1 aromatic carbocycles. The third kappa shape index (κ3) is 2.15. The van der Waals surface area contributed by atoms with Crippen LogP contribution in [0, 0.1) is 0 Å². The first-order chi connectivity index (χ1) is 9.13. The van der Waals surface area contributed by atoms with E-state index in [1.54, 1.807) is 24.3 Å². The van der Waals surface area contributed by atoms with E-state index >= 15 is 0 Å². The van der Waals surface area contributed by atoms with Crippen LogP contribution in [0.5, 0.6) is 0 Å². The number of hydrogen-bond donors (Lipinski definition) is 1. The molecule has 1 aromatic heterocycles. The fraction of sp³-hybridized carbons (Fsp3) is 0.333. The quantitative estimate of drug-likeness (QED) is 0.900. The predicted octanol–water partition coefficient (Wildman–Crippen LogP) is 1.13. The van der Waals surface area contributed by atoms with Crippen molar-refractivity contribution in [2.75, 3.05) is 0 Å². The van der Waals surface area contributed by atoms with Crippen LogP contribution in [0.15, 0.2) is 33.7 Å². The summed E-state index contributed by atoms with van der Waals surface area (Å²) in [6, 6.07) is 6.71. The van der Waals surface area contributed by atoms with Crippen LogP contribution in [-0.4, -0.2) is 23.8 Å². The highest BCUT2D eigenvalue weighted by Gasteiger charge is 2.38. The number of benzene rings is 1. The Morgan fingerprint density at radius 3 is 2.68 bits per heavy atom. The highest BCUT2D eigenvalue weighted by molar-refractivity contribution is 7.92. The SMILES string of the molecule is NCc1nc(-c2ccccc2S(=O)(=O)C2CC2)no1. The maximum Gasteiger partial charge on any atom is 0.240 e. The topological polar surface area (TPSA) is 99.1 Å². The van der Waals surface area contributed by atoms with Crippen molar-refractivity contribution < 1.29 is 12.9 Å². The van der Waals surface area contributed by atoms with Crippen molar-refractivity contribution in [3.8, 4) is 11.4 Å². The fourth-order valence-electron chi connectivity index (χ4n) is 1.90. The molecule has 0 saturated heterocycles. The van der Waals surface area contributed by atoms with Crippen LogP contribution < -0.4 is 5.73 Å². The molecule has 1 heterocycles. The Labute approximate surface area is 110 Å². The van der Waals surface area contributed by atoms with Gasteiger partial charge < -0.3 is 10.3 Å². The first kappa shape index (κ1) is 12.3. The van der Waals surface area contributed by atoms with E-state index in [4.69, 9.17) is 10.3 Å². The Bertz CT molecular complexity index is 705. The monoisotopic (exact) mass is 279 g/mol. The lowest BCUT2D eigenvalue weighted by atomic mass is 10.2. The second-order valence-corrected chi connectivity index (χ2v) is 6.65. The summed E-state index contributed by atoms with van der Waals surface area (Å²) in [7, 11) is -3.29. The zero-order chi connectivity index (χ0) is 13.5. The van der Waals surface area contributed by atoms with Crippen molar-refractivity contribution in [1.82, 2.24) is 10.1 Å². The minimum Gasteiger partial charge on any atom is -0.338 e. The van der Waals surface area contributed by atoms with Gasteiger partial charge in [-0.15, -0.1) is 0 Å². The molecule has 2 N–H and O–H groups in total. The van der Waals surface area contributed by atoms with Gasteiger partial charge in [0.15, 0.2) is 9.84 Å². The lowest BCUT2D eigenvalue weighted by molar-refractivity contribution is 0.380.